The molecular formula is C16H23N3O2. The monoisotopic (exact) mass is 289 g/mol. The largest absolute Gasteiger partial charge is 0.494 e. The van der Waals surface area contributed by atoms with Gasteiger partial charge in [0.2, 0.25) is 5.88 Å². The van der Waals surface area contributed by atoms with Gasteiger partial charge >= 0.3 is 0 Å². The first-order chi connectivity index (χ1) is 10.0. The number of benzene rings is 1. The zero-order valence-corrected chi connectivity index (χ0v) is 13.1. The Morgan fingerprint density at radius 2 is 1.81 bits per heavy atom. The van der Waals surface area contributed by atoms with Gasteiger partial charge in [0, 0.05) is 0 Å². The second-order valence-corrected chi connectivity index (χ2v) is 5.26. The molecular weight excluding hydrogens is 266 g/mol. The molecule has 0 bridgehead atoms. The van der Waals surface area contributed by atoms with E-state index in [2.05, 4.69) is 12.0 Å². The van der Waals surface area contributed by atoms with Crippen LogP contribution in [0.15, 0.2) is 24.3 Å². The van der Waals surface area contributed by atoms with Gasteiger partial charge in [0.25, 0.3) is 0 Å². The normalized spacial score (nSPS) is 10.9. The lowest BCUT2D eigenvalue weighted by Gasteiger charge is -2.12. The SMILES string of the molecule is CCCOc1ccc(Oc2c(N)c(C)nn2C(C)C)cc1. The molecule has 114 valence electrons. The van der Waals surface area contributed by atoms with Crippen molar-refractivity contribution in [3.63, 3.8) is 0 Å². The minimum absolute atomic E-state index is 0.183. The molecule has 0 aliphatic heterocycles. The molecule has 0 aliphatic carbocycles. The second-order valence-electron chi connectivity index (χ2n) is 5.26. The third-order valence-corrected chi connectivity index (χ3v) is 3.09. The lowest BCUT2D eigenvalue weighted by Crippen LogP contribution is -2.05. The van der Waals surface area contributed by atoms with Gasteiger partial charge in [-0.3, -0.25) is 0 Å². The lowest BCUT2D eigenvalue weighted by molar-refractivity contribution is 0.316. The molecule has 0 fully saturated rings. The van der Waals surface area contributed by atoms with Crippen molar-refractivity contribution < 1.29 is 9.47 Å². The van der Waals surface area contributed by atoms with E-state index in [0.717, 1.165) is 17.9 Å². The summed E-state index contributed by atoms with van der Waals surface area (Å²) in [6.45, 7) is 8.76. The van der Waals surface area contributed by atoms with Crippen molar-refractivity contribution in [2.75, 3.05) is 12.3 Å². The van der Waals surface area contributed by atoms with E-state index >= 15 is 0 Å². The van der Waals surface area contributed by atoms with E-state index in [4.69, 9.17) is 15.2 Å². The summed E-state index contributed by atoms with van der Waals surface area (Å²) in [6, 6.07) is 7.71. The zero-order chi connectivity index (χ0) is 15.4. The van der Waals surface area contributed by atoms with E-state index in [0.29, 0.717) is 23.9 Å². The molecule has 0 saturated carbocycles. The maximum Gasteiger partial charge on any atom is 0.241 e. The quantitative estimate of drug-likeness (QED) is 0.875. The molecule has 1 aromatic carbocycles. The van der Waals surface area contributed by atoms with Crippen molar-refractivity contribution in [2.24, 2.45) is 0 Å². The van der Waals surface area contributed by atoms with E-state index < -0.39 is 0 Å². The fraction of sp³-hybridized carbons (Fsp3) is 0.438. The molecule has 5 nitrogen and oxygen atoms in total. The Morgan fingerprint density at radius 3 is 2.38 bits per heavy atom. The van der Waals surface area contributed by atoms with Crippen molar-refractivity contribution in [3.05, 3.63) is 30.0 Å². The molecule has 2 rings (SSSR count). The highest BCUT2D eigenvalue weighted by molar-refractivity contribution is 5.54. The van der Waals surface area contributed by atoms with Gasteiger partial charge in [-0.25, -0.2) is 4.68 Å². The summed E-state index contributed by atoms with van der Waals surface area (Å²) < 4.78 is 13.3. The van der Waals surface area contributed by atoms with Crippen molar-refractivity contribution in [1.82, 2.24) is 9.78 Å². The van der Waals surface area contributed by atoms with Gasteiger partial charge in [0.15, 0.2) is 0 Å². The summed E-state index contributed by atoms with van der Waals surface area (Å²) in [5.74, 6) is 2.14. The Bertz CT molecular complexity index is 588. The third kappa shape index (κ3) is 3.48. The van der Waals surface area contributed by atoms with Gasteiger partial charge in [-0.2, -0.15) is 5.10 Å². The molecule has 21 heavy (non-hydrogen) atoms. The number of rotatable bonds is 6. The van der Waals surface area contributed by atoms with Crippen molar-refractivity contribution in [1.29, 1.82) is 0 Å². The summed E-state index contributed by atoms with van der Waals surface area (Å²) in [6.07, 6.45) is 0.988. The van der Waals surface area contributed by atoms with Gasteiger partial charge < -0.3 is 15.2 Å². The number of ether oxygens (including phenoxy) is 2. The number of nitrogen functional groups attached to an aromatic ring is 1. The molecule has 0 amide bonds. The average Bonchev–Trinajstić information content (AvgIpc) is 2.75. The molecule has 0 spiro atoms. The van der Waals surface area contributed by atoms with Crippen LogP contribution in [0.5, 0.6) is 17.4 Å². The van der Waals surface area contributed by atoms with Crippen LogP contribution >= 0.6 is 0 Å². The number of anilines is 1. The topological polar surface area (TPSA) is 62.3 Å². The van der Waals surface area contributed by atoms with Crippen LogP contribution in [-0.4, -0.2) is 16.4 Å². The molecule has 2 aromatic rings. The number of nitrogens with two attached hydrogens (primary N) is 1. The standard InChI is InChI=1S/C16H23N3O2/c1-5-10-20-13-6-8-14(9-7-13)21-16-15(17)12(4)18-19(16)11(2)3/h6-9,11H,5,10,17H2,1-4H3. The van der Waals surface area contributed by atoms with E-state index in [1.807, 2.05) is 45.0 Å². The minimum Gasteiger partial charge on any atom is -0.494 e. The summed E-state index contributed by atoms with van der Waals surface area (Å²) in [7, 11) is 0. The van der Waals surface area contributed by atoms with Gasteiger partial charge in [-0.05, 0) is 51.5 Å². The highest BCUT2D eigenvalue weighted by Gasteiger charge is 2.16. The maximum atomic E-state index is 6.05. The molecule has 0 radical (unpaired) electrons. The number of nitrogens with zero attached hydrogens (tertiary/aromatic N) is 2. The predicted molar refractivity (Wildman–Crippen MR) is 84.1 cm³/mol. The van der Waals surface area contributed by atoms with Crippen LogP contribution in [0.2, 0.25) is 0 Å². The summed E-state index contributed by atoms with van der Waals surface area (Å²) >= 11 is 0. The Balaban J connectivity index is 2.18. The first-order valence-electron chi connectivity index (χ1n) is 7.28. The molecule has 1 aromatic heterocycles. The van der Waals surface area contributed by atoms with Gasteiger partial charge in [0.05, 0.1) is 18.3 Å². The van der Waals surface area contributed by atoms with Crippen LogP contribution < -0.4 is 15.2 Å². The lowest BCUT2D eigenvalue weighted by atomic mass is 10.3. The fourth-order valence-electron chi connectivity index (χ4n) is 1.93. The van der Waals surface area contributed by atoms with E-state index in [1.54, 1.807) is 4.68 Å². The Kier molecular flexibility index (Phi) is 4.73. The van der Waals surface area contributed by atoms with Crippen LogP contribution in [0.1, 0.15) is 38.9 Å². The molecule has 0 aliphatic rings. The molecule has 0 unspecified atom stereocenters. The van der Waals surface area contributed by atoms with Crippen LogP contribution in [0.3, 0.4) is 0 Å². The smallest absolute Gasteiger partial charge is 0.241 e. The first-order valence-corrected chi connectivity index (χ1v) is 7.28. The maximum absolute atomic E-state index is 6.05. The Labute approximate surface area is 125 Å². The van der Waals surface area contributed by atoms with Gasteiger partial charge in [-0.15, -0.1) is 0 Å². The van der Waals surface area contributed by atoms with Gasteiger partial charge in [0.1, 0.15) is 17.2 Å². The van der Waals surface area contributed by atoms with Gasteiger partial charge in [-0.1, -0.05) is 6.92 Å². The van der Waals surface area contributed by atoms with Crippen LogP contribution in [0.4, 0.5) is 5.69 Å². The molecule has 5 heteroatoms. The van der Waals surface area contributed by atoms with Crippen molar-refractivity contribution in [3.8, 4) is 17.4 Å². The molecule has 1 heterocycles. The zero-order valence-electron chi connectivity index (χ0n) is 13.1. The second kappa shape index (κ2) is 6.52. The number of hydrogen-bond acceptors (Lipinski definition) is 4. The highest BCUT2D eigenvalue weighted by Crippen LogP contribution is 2.32. The summed E-state index contributed by atoms with van der Waals surface area (Å²) in [4.78, 5) is 0. The Morgan fingerprint density at radius 1 is 1.19 bits per heavy atom. The number of hydrogen-bond donors (Lipinski definition) is 1. The van der Waals surface area contributed by atoms with Crippen LogP contribution in [0, 0.1) is 6.92 Å². The van der Waals surface area contributed by atoms with E-state index in [1.165, 1.54) is 0 Å². The van der Waals surface area contributed by atoms with E-state index in [9.17, 15) is 0 Å². The number of aryl methyl sites for hydroxylation is 1. The highest BCUT2D eigenvalue weighted by atomic mass is 16.5. The van der Waals surface area contributed by atoms with Crippen molar-refractivity contribution >= 4 is 5.69 Å². The van der Waals surface area contributed by atoms with Crippen LogP contribution in [-0.2, 0) is 0 Å². The average molecular weight is 289 g/mol. The number of aromatic nitrogens is 2. The fourth-order valence-corrected chi connectivity index (χ4v) is 1.93. The molecule has 0 atom stereocenters. The van der Waals surface area contributed by atoms with E-state index in [-0.39, 0.29) is 6.04 Å². The minimum atomic E-state index is 0.183. The van der Waals surface area contributed by atoms with Crippen molar-refractivity contribution in [2.45, 2.75) is 40.2 Å². The summed E-state index contributed by atoms with van der Waals surface area (Å²) in [5, 5.41) is 4.41. The first kappa shape index (κ1) is 15.2. The molecule has 0 saturated heterocycles. The summed E-state index contributed by atoms with van der Waals surface area (Å²) in [5.41, 5.74) is 7.41. The third-order valence-electron chi connectivity index (χ3n) is 3.09. The predicted octanol–water partition coefficient (Wildman–Crippen LogP) is 3.94. The van der Waals surface area contributed by atoms with Crippen LogP contribution in [0.25, 0.3) is 0 Å². The Hall–Kier alpha value is -2.17. The molecule has 2 N–H and O–H groups in total.